The Balaban J connectivity index is 1.83. The van der Waals surface area contributed by atoms with Crippen LogP contribution in [0.5, 0.6) is 5.75 Å². The number of ether oxygens (including phenoxy) is 1. The summed E-state index contributed by atoms with van der Waals surface area (Å²) in [6.45, 7) is 1.50. The Labute approximate surface area is 159 Å². The van der Waals surface area contributed by atoms with Crippen LogP contribution in [-0.4, -0.2) is 17.9 Å². The van der Waals surface area contributed by atoms with Gasteiger partial charge in [0.1, 0.15) is 11.6 Å². The molecule has 0 fully saturated rings. The van der Waals surface area contributed by atoms with Crippen molar-refractivity contribution in [1.82, 2.24) is 10.9 Å². The number of hydrazine groups is 1. The van der Waals surface area contributed by atoms with Gasteiger partial charge in [0.05, 0.1) is 5.02 Å². The zero-order chi connectivity index (χ0) is 19.1. The molecule has 2 aromatic rings. The first-order chi connectivity index (χ1) is 12.3. The van der Waals surface area contributed by atoms with Crippen LogP contribution < -0.4 is 15.6 Å². The third-order valence-corrected chi connectivity index (χ3v) is 3.70. The van der Waals surface area contributed by atoms with Gasteiger partial charge in [-0.3, -0.25) is 20.4 Å². The number of rotatable bonds is 5. The average molecular weight is 397 g/mol. The Morgan fingerprint density at radius 2 is 1.81 bits per heavy atom. The van der Waals surface area contributed by atoms with E-state index in [2.05, 4.69) is 10.9 Å². The van der Waals surface area contributed by atoms with Gasteiger partial charge in [-0.25, -0.2) is 4.39 Å². The molecular weight excluding hydrogens is 382 g/mol. The molecule has 8 heteroatoms. The van der Waals surface area contributed by atoms with Crippen molar-refractivity contribution < 1.29 is 18.7 Å². The van der Waals surface area contributed by atoms with Crippen molar-refractivity contribution >= 4 is 41.1 Å². The fraction of sp³-hybridized carbons (Fsp3) is 0.111. The highest BCUT2D eigenvalue weighted by atomic mass is 35.5. The highest BCUT2D eigenvalue weighted by Crippen LogP contribution is 2.28. The molecule has 136 valence electrons. The fourth-order valence-corrected chi connectivity index (χ4v) is 2.28. The molecule has 0 saturated carbocycles. The summed E-state index contributed by atoms with van der Waals surface area (Å²) >= 11 is 11.8. The number of carbonyl (C=O) groups is 2. The molecule has 5 nitrogen and oxygen atoms in total. The maximum atomic E-state index is 12.8. The summed E-state index contributed by atoms with van der Waals surface area (Å²) in [6, 6.07) is 10.2. The van der Waals surface area contributed by atoms with Crippen LogP contribution in [0.25, 0.3) is 6.08 Å². The van der Waals surface area contributed by atoms with Gasteiger partial charge in [-0.2, -0.15) is 0 Å². The lowest BCUT2D eigenvalue weighted by atomic mass is 10.2. The van der Waals surface area contributed by atoms with E-state index in [1.54, 1.807) is 12.1 Å². The lowest BCUT2D eigenvalue weighted by Crippen LogP contribution is -2.46. The molecule has 1 unspecified atom stereocenters. The Bertz CT molecular complexity index is 826. The van der Waals surface area contributed by atoms with E-state index in [9.17, 15) is 14.0 Å². The van der Waals surface area contributed by atoms with E-state index in [1.165, 1.54) is 49.4 Å². The molecule has 2 N–H and O–H groups in total. The molecule has 26 heavy (non-hydrogen) atoms. The number of halogens is 3. The highest BCUT2D eigenvalue weighted by Gasteiger charge is 2.16. The number of benzene rings is 2. The third-order valence-electron chi connectivity index (χ3n) is 3.17. The second-order valence-electron chi connectivity index (χ2n) is 5.20. The molecule has 0 saturated heterocycles. The minimum Gasteiger partial charge on any atom is -0.479 e. The van der Waals surface area contributed by atoms with Crippen LogP contribution in [0.1, 0.15) is 12.5 Å². The van der Waals surface area contributed by atoms with E-state index in [1.807, 2.05) is 0 Å². The van der Waals surface area contributed by atoms with Crippen molar-refractivity contribution in [3.8, 4) is 5.75 Å². The Kier molecular flexibility index (Phi) is 7.00. The van der Waals surface area contributed by atoms with Crippen molar-refractivity contribution in [1.29, 1.82) is 0 Å². The second kappa shape index (κ2) is 9.22. The van der Waals surface area contributed by atoms with E-state index in [0.29, 0.717) is 16.3 Å². The number of hydrogen-bond donors (Lipinski definition) is 2. The minimum atomic E-state index is -0.907. The summed E-state index contributed by atoms with van der Waals surface area (Å²) in [6.07, 6.45) is 1.78. The Morgan fingerprint density at radius 1 is 1.12 bits per heavy atom. The molecule has 0 radical (unpaired) electrons. The van der Waals surface area contributed by atoms with E-state index < -0.39 is 17.9 Å². The second-order valence-corrected chi connectivity index (χ2v) is 6.04. The number of hydrogen-bond acceptors (Lipinski definition) is 3. The van der Waals surface area contributed by atoms with Crippen LogP contribution in [0.3, 0.4) is 0 Å². The molecule has 2 aromatic carbocycles. The Hall–Kier alpha value is -2.57. The summed E-state index contributed by atoms with van der Waals surface area (Å²) in [5.41, 5.74) is 5.10. The van der Waals surface area contributed by atoms with Gasteiger partial charge in [0, 0.05) is 11.1 Å². The number of amides is 2. The standard InChI is InChI=1S/C18H15Cl2FN2O3/c1-11(26-16-8-5-13(19)10-15(16)20)18(25)23-22-17(24)9-4-12-2-6-14(21)7-3-12/h2-11H,1H3,(H,22,24)(H,23,25)/b9-4+. The van der Waals surface area contributed by atoms with Gasteiger partial charge in [-0.1, -0.05) is 35.3 Å². The monoisotopic (exact) mass is 396 g/mol. The summed E-state index contributed by atoms with van der Waals surface area (Å²) in [5, 5.41) is 0.711. The first-order valence-corrected chi connectivity index (χ1v) is 8.26. The molecule has 0 heterocycles. The Morgan fingerprint density at radius 3 is 2.46 bits per heavy atom. The van der Waals surface area contributed by atoms with Gasteiger partial charge in [-0.15, -0.1) is 0 Å². The van der Waals surface area contributed by atoms with Crippen molar-refractivity contribution in [2.75, 3.05) is 0 Å². The van der Waals surface area contributed by atoms with Crippen LogP contribution in [-0.2, 0) is 9.59 Å². The molecule has 1 atom stereocenters. The summed E-state index contributed by atoms with van der Waals surface area (Å²) in [5.74, 6) is -1.20. The summed E-state index contributed by atoms with van der Waals surface area (Å²) < 4.78 is 18.2. The maximum Gasteiger partial charge on any atom is 0.279 e. The average Bonchev–Trinajstić information content (AvgIpc) is 2.61. The molecule has 0 spiro atoms. The van der Waals surface area contributed by atoms with E-state index in [0.717, 1.165) is 0 Å². The first-order valence-electron chi connectivity index (χ1n) is 7.50. The van der Waals surface area contributed by atoms with E-state index in [4.69, 9.17) is 27.9 Å². The van der Waals surface area contributed by atoms with Gasteiger partial charge in [0.25, 0.3) is 11.8 Å². The van der Waals surface area contributed by atoms with Crippen LogP contribution >= 0.6 is 23.2 Å². The molecule has 0 aromatic heterocycles. The molecule has 2 amide bonds. The van der Waals surface area contributed by atoms with Gasteiger partial charge in [0.15, 0.2) is 6.10 Å². The number of nitrogens with one attached hydrogen (secondary N) is 2. The molecule has 0 aliphatic rings. The smallest absolute Gasteiger partial charge is 0.279 e. The minimum absolute atomic E-state index is 0.267. The van der Waals surface area contributed by atoms with Crippen molar-refractivity contribution in [2.45, 2.75) is 13.0 Å². The molecule has 0 aliphatic carbocycles. The van der Waals surface area contributed by atoms with Crippen LogP contribution in [0.4, 0.5) is 4.39 Å². The normalized spacial score (nSPS) is 11.8. The third kappa shape index (κ3) is 6.06. The van der Waals surface area contributed by atoms with E-state index in [-0.39, 0.29) is 10.8 Å². The van der Waals surface area contributed by atoms with Gasteiger partial charge < -0.3 is 4.74 Å². The highest BCUT2D eigenvalue weighted by molar-refractivity contribution is 6.35. The van der Waals surface area contributed by atoms with E-state index >= 15 is 0 Å². The molecule has 0 bridgehead atoms. The van der Waals surface area contributed by atoms with Crippen LogP contribution in [0.2, 0.25) is 10.0 Å². The van der Waals surface area contributed by atoms with Crippen LogP contribution in [0.15, 0.2) is 48.5 Å². The molecule has 0 aliphatic heterocycles. The quantitative estimate of drug-likeness (QED) is 0.597. The zero-order valence-electron chi connectivity index (χ0n) is 13.6. The summed E-state index contributed by atoms with van der Waals surface area (Å²) in [4.78, 5) is 23.7. The lowest BCUT2D eigenvalue weighted by molar-refractivity contribution is -0.131. The van der Waals surface area contributed by atoms with Crippen molar-refractivity contribution in [3.05, 3.63) is 70.0 Å². The molecular formula is C18H15Cl2FN2O3. The topological polar surface area (TPSA) is 67.4 Å². The lowest BCUT2D eigenvalue weighted by Gasteiger charge is -2.15. The largest absolute Gasteiger partial charge is 0.479 e. The number of carbonyl (C=O) groups excluding carboxylic acids is 2. The maximum absolute atomic E-state index is 12.8. The summed E-state index contributed by atoms with van der Waals surface area (Å²) in [7, 11) is 0. The van der Waals surface area contributed by atoms with Crippen molar-refractivity contribution in [3.63, 3.8) is 0 Å². The zero-order valence-corrected chi connectivity index (χ0v) is 15.1. The van der Waals surface area contributed by atoms with Gasteiger partial charge in [0.2, 0.25) is 0 Å². The first kappa shape index (κ1) is 19.8. The fourth-order valence-electron chi connectivity index (χ4n) is 1.83. The molecule has 2 rings (SSSR count). The predicted octanol–water partition coefficient (Wildman–Crippen LogP) is 3.76. The van der Waals surface area contributed by atoms with Gasteiger partial charge >= 0.3 is 0 Å². The predicted molar refractivity (Wildman–Crippen MR) is 98.3 cm³/mol. The van der Waals surface area contributed by atoms with Gasteiger partial charge in [-0.05, 0) is 48.9 Å². The van der Waals surface area contributed by atoms with Crippen LogP contribution in [0, 0.1) is 5.82 Å². The van der Waals surface area contributed by atoms with Crippen molar-refractivity contribution in [2.24, 2.45) is 0 Å². The SMILES string of the molecule is CC(Oc1ccc(Cl)cc1Cl)C(=O)NNC(=O)/C=C/c1ccc(F)cc1.